The molecule has 0 saturated carbocycles. The van der Waals surface area contributed by atoms with Crippen molar-refractivity contribution in [3.63, 3.8) is 0 Å². The molecule has 0 bridgehead atoms. The fraction of sp³-hybridized carbons (Fsp3) is 0.417. The van der Waals surface area contributed by atoms with Crippen LogP contribution in [0.15, 0.2) is 24.4 Å². The molecule has 0 aliphatic rings. The number of nitrogens with one attached hydrogen (secondary N) is 1. The molecular formula is C12H18N2O. The Kier molecular flexibility index (Phi) is 4.84. The molecule has 1 aromatic rings. The summed E-state index contributed by atoms with van der Waals surface area (Å²) in [5.41, 5.74) is 1.10. The Bertz CT molecular complexity index is 306. The molecule has 0 aliphatic carbocycles. The lowest BCUT2D eigenvalue weighted by Gasteiger charge is -2.04. The normalized spacial score (nSPS) is 13.0. The maximum absolute atomic E-state index is 4.98. The summed E-state index contributed by atoms with van der Waals surface area (Å²) in [6.45, 7) is 2.15. The number of hydrogen-bond acceptors (Lipinski definition) is 3. The van der Waals surface area contributed by atoms with Crippen molar-refractivity contribution in [2.45, 2.75) is 19.4 Å². The first kappa shape index (κ1) is 11.7. The van der Waals surface area contributed by atoms with E-state index in [2.05, 4.69) is 29.4 Å². The molecule has 3 nitrogen and oxygen atoms in total. The summed E-state index contributed by atoms with van der Waals surface area (Å²) >= 11 is 0. The molecule has 15 heavy (non-hydrogen) atoms. The predicted molar refractivity (Wildman–Crippen MR) is 63.0 cm³/mol. The number of pyridine rings is 1. The van der Waals surface area contributed by atoms with Gasteiger partial charge in [-0.3, -0.25) is 0 Å². The minimum atomic E-state index is 0.507. The molecule has 0 aliphatic heterocycles. The van der Waals surface area contributed by atoms with Gasteiger partial charge in [0.15, 0.2) is 0 Å². The lowest BCUT2D eigenvalue weighted by atomic mass is 10.2. The van der Waals surface area contributed by atoms with E-state index in [9.17, 15) is 0 Å². The van der Waals surface area contributed by atoms with Crippen LogP contribution in [0.5, 0.6) is 5.88 Å². The summed E-state index contributed by atoms with van der Waals surface area (Å²) in [5.74, 6) is 0.649. The minimum Gasteiger partial charge on any atom is -0.481 e. The molecule has 1 rings (SSSR count). The Morgan fingerprint density at radius 2 is 2.33 bits per heavy atom. The molecule has 1 N–H and O–H groups in total. The zero-order valence-corrected chi connectivity index (χ0v) is 9.53. The first-order valence-corrected chi connectivity index (χ1v) is 5.10. The SMILES string of the molecule is CNC(C)C/C=C/c1ccc(OC)nc1. The number of nitrogens with zero attached hydrogens (tertiary/aromatic N) is 1. The molecule has 82 valence electrons. The maximum atomic E-state index is 4.98. The summed E-state index contributed by atoms with van der Waals surface area (Å²) in [4.78, 5) is 4.13. The van der Waals surface area contributed by atoms with Gasteiger partial charge in [0.2, 0.25) is 5.88 Å². The minimum absolute atomic E-state index is 0.507. The Balaban J connectivity index is 2.49. The lowest BCUT2D eigenvalue weighted by Crippen LogP contribution is -2.19. The van der Waals surface area contributed by atoms with Gasteiger partial charge in [0.05, 0.1) is 7.11 Å². The molecular weight excluding hydrogens is 188 g/mol. The van der Waals surface area contributed by atoms with Gasteiger partial charge in [0.1, 0.15) is 0 Å². The Labute approximate surface area is 91.2 Å². The summed E-state index contributed by atoms with van der Waals surface area (Å²) in [7, 11) is 3.58. The Hall–Kier alpha value is -1.35. The van der Waals surface area contributed by atoms with E-state index in [1.807, 2.05) is 19.2 Å². The highest BCUT2D eigenvalue weighted by Gasteiger charge is 1.94. The third-order valence-electron chi connectivity index (χ3n) is 2.26. The van der Waals surface area contributed by atoms with Gasteiger partial charge in [-0.25, -0.2) is 4.98 Å². The summed E-state index contributed by atoms with van der Waals surface area (Å²) < 4.78 is 4.98. The molecule has 1 heterocycles. The molecule has 0 aromatic carbocycles. The predicted octanol–water partition coefficient (Wildman–Crippen LogP) is 2.10. The van der Waals surface area contributed by atoms with Crippen LogP contribution >= 0.6 is 0 Å². The molecule has 0 radical (unpaired) electrons. The smallest absolute Gasteiger partial charge is 0.212 e. The van der Waals surface area contributed by atoms with Crippen LogP contribution in [0.3, 0.4) is 0 Å². The van der Waals surface area contributed by atoms with Crippen molar-refractivity contribution in [3.05, 3.63) is 30.0 Å². The number of ether oxygens (including phenoxy) is 1. The number of methoxy groups -OCH3 is 1. The van der Waals surface area contributed by atoms with E-state index in [0.717, 1.165) is 12.0 Å². The number of hydrogen-bond donors (Lipinski definition) is 1. The topological polar surface area (TPSA) is 34.1 Å². The molecule has 1 unspecified atom stereocenters. The lowest BCUT2D eigenvalue weighted by molar-refractivity contribution is 0.398. The van der Waals surface area contributed by atoms with Crippen molar-refractivity contribution in [1.29, 1.82) is 0 Å². The third-order valence-corrected chi connectivity index (χ3v) is 2.26. The zero-order chi connectivity index (χ0) is 11.1. The highest BCUT2D eigenvalue weighted by atomic mass is 16.5. The van der Waals surface area contributed by atoms with Crippen LogP contribution in [0.1, 0.15) is 18.9 Å². The van der Waals surface area contributed by atoms with Crippen LogP contribution in [0.25, 0.3) is 6.08 Å². The highest BCUT2D eigenvalue weighted by Crippen LogP contribution is 2.08. The van der Waals surface area contributed by atoms with Crippen LogP contribution in [0.2, 0.25) is 0 Å². The summed E-state index contributed by atoms with van der Waals surface area (Å²) in [6, 6.07) is 4.36. The van der Waals surface area contributed by atoms with Crippen molar-refractivity contribution in [1.82, 2.24) is 10.3 Å². The van der Waals surface area contributed by atoms with Crippen LogP contribution in [-0.4, -0.2) is 25.2 Å². The average Bonchev–Trinajstić information content (AvgIpc) is 2.29. The van der Waals surface area contributed by atoms with Crippen molar-refractivity contribution in [3.8, 4) is 5.88 Å². The first-order valence-electron chi connectivity index (χ1n) is 5.10. The quantitative estimate of drug-likeness (QED) is 0.801. The van der Waals surface area contributed by atoms with Crippen LogP contribution in [0.4, 0.5) is 0 Å². The van der Waals surface area contributed by atoms with Gasteiger partial charge in [-0.15, -0.1) is 0 Å². The van der Waals surface area contributed by atoms with Crippen molar-refractivity contribution in [2.75, 3.05) is 14.2 Å². The molecule has 3 heteroatoms. The van der Waals surface area contributed by atoms with E-state index in [1.165, 1.54) is 0 Å². The van der Waals surface area contributed by atoms with Gasteiger partial charge in [-0.05, 0) is 32.0 Å². The van der Waals surface area contributed by atoms with Gasteiger partial charge >= 0.3 is 0 Å². The Morgan fingerprint density at radius 3 is 2.87 bits per heavy atom. The van der Waals surface area contributed by atoms with Crippen LogP contribution < -0.4 is 10.1 Å². The number of aromatic nitrogens is 1. The van der Waals surface area contributed by atoms with Crippen molar-refractivity contribution < 1.29 is 4.74 Å². The van der Waals surface area contributed by atoms with E-state index < -0.39 is 0 Å². The second-order valence-electron chi connectivity index (χ2n) is 3.46. The monoisotopic (exact) mass is 206 g/mol. The van der Waals surface area contributed by atoms with E-state index in [0.29, 0.717) is 11.9 Å². The Morgan fingerprint density at radius 1 is 1.53 bits per heavy atom. The summed E-state index contributed by atoms with van der Waals surface area (Å²) in [6.07, 6.45) is 7.03. The van der Waals surface area contributed by atoms with Gasteiger partial charge in [0, 0.05) is 18.3 Å². The maximum Gasteiger partial charge on any atom is 0.212 e. The molecule has 0 saturated heterocycles. The molecule has 0 amide bonds. The van der Waals surface area contributed by atoms with Gasteiger partial charge in [-0.1, -0.05) is 12.2 Å². The fourth-order valence-electron chi connectivity index (χ4n) is 1.14. The summed E-state index contributed by atoms with van der Waals surface area (Å²) in [5, 5.41) is 3.18. The molecule has 1 atom stereocenters. The van der Waals surface area contributed by atoms with Gasteiger partial charge < -0.3 is 10.1 Å². The van der Waals surface area contributed by atoms with E-state index in [-0.39, 0.29) is 0 Å². The van der Waals surface area contributed by atoms with Crippen molar-refractivity contribution in [2.24, 2.45) is 0 Å². The molecule has 1 aromatic heterocycles. The standard InChI is InChI=1S/C12H18N2O/c1-10(13-2)5-4-6-11-7-8-12(15-3)14-9-11/h4,6-10,13H,5H2,1-3H3/b6-4+. The van der Waals surface area contributed by atoms with Crippen molar-refractivity contribution >= 4 is 6.08 Å². The second kappa shape index (κ2) is 6.19. The molecule has 0 spiro atoms. The molecule has 0 fully saturated rings. The average molecular weight is 206 g/mol. The van der Waals surface area contributed by atoms with Crippen LogP contribution in [-0.2, 0) is 0 Å². The van der Waals surface area contributed by atoms with E-state index >= 15 is 0 Å². The fourth-order valence-corrected chi connectivity index (χ4v) is 1.14. The van der Waals surface area contributed by atoms with Gasteiger partial charge in [0.25, 0.3) is 0 Å². The number of rotatable bonds is 5. The van der Waals surface area contributed by atoms with Crippen LogP contribution in [0, 0.1) is 0 Å². The highest BCUT2D eigenvalue weighted by molar-refractivity contribution is 5.48. The van der Waals surface area contributed by atoms with E-state index in [4.69, 9.17) is 4.74 Å². The van der Waals surface area contributed by atoms with Gasteiger partial charge in [-0.2, -0.15) is 0 Å². The largest absolute Gasteiger partial charge is 0.481 e. The first-order chi connectivity index (χ1) is 7.26. The zero-order valence-electron chi connectivity index (χ0n) is 9.53. The third kappa shape index (κ3) is 4.13. The second-order valence-corrected chi connectivity index (χ2v) is 3.46. The van der Waals surface area contributed by atoms with E-state index in [1.54, 1.807) is 13.3 Å².